The number of hydrogen-bond acceptors (Lipinski definition) is 3. The Labute approximate surface area is 165 Å². The number of rotatable bonds is 6. The van der Waals surface area contributed by atoms with Gasteiger partial charge in [-0.3, -0.25) is 9.47 Å². The maximum Gasteiger partial charge on any atom is 0.416 e. The van der Waals surface area contributed by atoms with Crippen molar-refractivity contribution in [1.82, 2.24) is 19.2 Å². The van der Waals surface area contributed by atoms with Crippen LogP contribution in [0, 0.1) is 4.77 Å². The molecule has 0 saturated heterocycles. The van der Waals surface area contributed by atoms with Crippen molar-refractivity contribution < 1.29 is 13.2 Å². The lowest BCUT2D eigenvalue weighted by Crippen LogP contribution is -2.29. The highest BCUT2D eigenvalue weighted by Gasteiger charge is 2.31. The van der Waals surface area contributed by atoms with Crippen molar-refractivity contribution in [2.24, 2.45) is 0 Å². The van der Waals surface area contributed by atoms with Crippen LogP contribution in [-0.4, -0.2) is 25.3 Å². The summed E-state index contributed by atoms with van der Waals surface area (Å²) in [7, 11) is 0. The van der Waals surface area contributed by atoms with Crippen molar-refractivity contribution >= 4 is 12.2 Å². The number of hydrogen-bond donors (Lipinski definition) is 0. The fourth-order valence-corrected chi connectivity index (χ4v) is 3.40. The zero-order chi connectivity index (χ0) is 19.7. The summed E-state index contributed by atoms with van der Waals surface area (Å²) in [6.07, 6.45) is -0.465. The van der Waals surface area contributed by atoms with E-state index in [4.69, 9.17) is 12.2 Å². The minimum Gasteiger partial charge on any atom is -0.277 e. The largest absolute Gasteiger partial charge is 0.416 e. The molecule has 28 heavy (non-hydrogen) atoms. The summed E-state index contributed by atoms with van der Waals surface area (Å²) in [5.41, 5.74) is 1.16. The molecule has 4 nitrogen and oxygen atoms in total. The maximum absolute atomic E-state index is 12.8. The highest BCUT2D eigenvalue weighted by molar-refractivity contribution is 7.71. The molecular weight excluding hydrogens is 385 g/mol. The first-order valence-electron chi connectivity index (χ1n) is 9.02. The first-order valence-corrected chi connectivity index (χ1v) is 9.43. The number of aromatic nitrogens is 3. The Morgan fingerprint density at radius 2 is 1.71 bits per heavy atom. The fraction of sp³-hybridized carbons (Fsp3) is 0.300. The summed E-state index contributed by atoms with van der Waals surface area (Å²) in [6, 6.07) is 15.5. The van der Waals surface area contributed by atoms with Crippen LogP contribution in [0.1, 0.15) is 24.0 Å². The zero-order valence-electron chi connectivity index (χ0n) is 15.0. The van der Waals surface area contributed by atoms with Crippen molar-refractivity contribution in [1.29, 1.82) is 0 Å². The standard InChI is InChI=1S/C20H19F3N4S/c21-20(22,23)16-8-6-15(7-9-16)12-25(17-10-11-17)14-27-19(28)26(13-24-27)18-4-2-1-3-5-18/h1-9,13,17H,10-12,14H2. The lowest BCUT2D eigenvalue weighted by Gasteiger charge is -2.22. The summed E-state index contributed by atoms with van der Waals surface area (Å²) >= 11 is 5.57. The van der Waals surface area contributed by atoms with Gasteiger partial charge in [0, 0.05) is 18.3 Å². The third-order valence-corrected chi connectivity index (χ3v) is 5.22. The van der Waals surface area contributed by atoms with E-state index in [0.29, 0.717) is 24.0 Å². The van der Waals surface area contributed by atoms with Crippen LogP contribution in [0.25, 0.3) is 5.69 Å². The molecule has 0 aliphatic heterocycles. The fourth-order valence-electron chi connectivity index (χ4n) is 3.14. The van der Waals surface area contributed by atoms with Crippen LogP contribution in [0.4, 0.5) is 13.2 Å². The van der Waals surface area contributed by atoms with Gasteiger partial charge >= 0.3 is 6.18 Å². The highest BCUT2D eigenvalue weighted by atomic mass is 32.1. The van der Waals surface area contributed by atoms with Gasteiger partial charge in [-0.15, -0.1) is 0 Å². The molecule has 3 aromatic rings. The average Bonchev–Trinajstić information content (AvgIpc) is 3.46. The van der Waals surface area contributed by atoms with E-state index in [9.17, 15) is 13.2 Å². The van der Waals surface area contributed by atoms with Crippen molar-refractivity contribution in [3.63, 3.8) is 0 Å². The topological polar surface area (TPSA) is 26.0 Å². The Balaban J connectivity index is 1.51. The van der Waals surface area contributed by atoms with Crippen molar-refractivity contribution in [2.45, 2.75) is 38.3 Å². The van der Waals surface area contributed by atoms with Crippen LogP contribution in [0.5, 0.6) is 0 Å². The van der Waals surface area contributed by atoms with Crippen molar-refractivity contribution in [3.05, 3.63) is 76.8 Å². The Bertz CT molecular complexity index is 989. The lowest BCUT2D eigenvalue weighted by molar-refractivity contribution is -0.137. The summed E-state index contributed by atoms with van der Waals surface area (Å²) in [6.45, 7) is 1.06. The normalized spacial score (nSPS) is 14.6. The molecule has 1 fully saturated rings. The van der Waals surface area contributed by atoms with Gasteiger partial charge < -0.3 is 0 Å². The minimum absolute atomic E-state index is 0.408. The van der Waals surface area contributed by atoms with Gasteiger partial charge in [0.2, 0.25) is 4.77 Å². The Morgan fingerprint density at radius 3 is 2.32 bits per heavy atom. The third-order valence-electron chi connectivity index (χ3n) is 4.81. The van der Waals surface area contributed by atoms with E-state index in [1.807, 2.05) is 34.9 Å². The maximum atomic E-state index is 12.8. The van der Waals surface area contributed by atoms with Crippen molar-refractivity contribution in [3.8, 4) is 5.69 Å². The number of benzene rings is 2. The van der Waals surface area contributed by atoms with E-state index in [0.717, 1.165) is 36.2 Å². The molecule has 4 rings (SSSR count). The molecule has 0 N–H and O–H groups in total. The van der Waals surface area contributed by atoms with Gasteiger partial charge in [-0.1, -0.05) is 30.3 Å². The minimum atomic E-state index is -4.31. The molecule has 0 spiro atoms. The molecule has 1 heterocycles. The van der Waals surface area contributed by atoms with Crippen LogP contribution in [0.2, 0.25) is 0 Å². The molecule has 0 bridgehead atoms. The van der Waals surface area contributed by atoms with Crippen LogP contribution < -0.4 is 0 Å². The Hall–Kier alpha value is -2.45. The molecule has 0 amide bonds. The van der Waals surface area contributed by atoms with Gasteiger partial charge in [0.05, 0.1) is 12.2 Å². The number of alkyl halides is 3. The number of halogens is 3. The summed E-state index contributed by atoms with van der Waals surface area (Å²) in [5.74, 6) is 0. The molecule has 1 saturated carbocycles. The summed E-state index contributed by atoms with van der Waals surface area (Å²) < 4.78 is 42.5. The first-order chi connectivity index (χ1) is 13.4. The number of nitrogens with zero attached hydrogens (tertiary/aromatic N) is 4. The summed E-state index contributed by atoms with van der Waals surface area (Å²) in [4.78, 5) is 2.21. The Morgan fingerprint density at radius 1 is 1.04 bits per heavy atom. The molecule has 8 heteroatoms. The smallest absolute Gasteiger partial charge is 0.277 e. The molecule has 1 aliphatic rings. The van der Waals surface area contributed by atoms with E-state index in [-0.39, 0.29) is 0 Å². The van der Waals surface area contributed by atoms with E-state index in [2.05, 4.69) is 10.00 Å². The lowest BCUT2D eigenvalue weighted by atomic mass is 10.1. The second-order valence-electron chi connectivity index (χ2n) is 6.93. The van der Waals surface area contributed by atoms with E-state index >= 15 is 0 Å². The third kappa shape index (κ3) is 4.18. The monoisotopic (exact) mass is 404 g/mol. The molecule has 2 aromatic carbocycles. The first kappa shape index (κ1) is 18.9. The van der Waals surface area contributed by atoms with Gasteiger partial charge in [0.15, 0.2) is 0 Å². The van der Waals surface area contributed by atoms with Crippen LogP contribution >= 0.6 is 12.2 Å². The molecule has 1 aromatic heterocycles. The van der Waals surface area contributed by atoms with Gasteiger partial charge in [-0.25, -0.2) is 4.68 Å². The van der Waals surface area contributed by atoms with Crippen LogP contribution in [0.15, 0.2) is 60.9 Å². The molecule has 146 valence electrons. The van der Waals surface area contributed by atoms with E-state index in [1.165, 1.54) is 0 Å². The predicted molar refractivity (Wildman–Crippen MR) is 102 cm³/mol. The number of para-hydroxylation sites is 1. The molecule has 1 aliphatic carbocycles. The zero-order valence-corrected chi connectivity index (χ0v) is 15.8. The second-order valence-corrected chi connectivity index (χ2v) is 7.30. The summed E-state index contributed by atoms with van der Waals surface area (Å²) in [5, 5.41) is 4.42. The van der Waals surface area contributed by atoms with Gasteiger partial charge in [-0.2, -0.15) is 18.3 Å². The predicted octanol–water partition coefficient (Wildman–Crippen LogP) is 5.04. The van der Waals surface area contributed by atoms with Gasteiger partial charge in [-0.05, 0) is 54.9 Å². The molecule has 0 radical (unpaired) electrons. The SMILES string of the molecule is FC(F)(F)c1ccc(CN(Cn2ncn(-c3ccccc3)c2=S)C2CC2)cc1. The van der Waals surface area contributed by atoms with Crippen molar-refractivity contribution in [2.75, 3.05) is 0 Å². The van der Waals surface area contributed by atoms with E-state index in [1.54, 1.807) is 23.1 Å². The molecule has 0 atom stereocenters. The van der Waals surface area contributed by atoms with E-state index < -0.39 is 11.7 Å². The molecule has 0 unspecified atom stereocenters. The Kier molecular flexibility index (Phi) is 5.07. The van der Waals surface area contributed by atoms with Crippen LogP contribution in [0.3, 0.4) is 0 Å². The second kappa shape index (κ2) is 7.52. The van der Waals surface area contributed by atoms with Gasteiger partial charge in [0.25, 0.3) is 0 Å². The highest BCUT2D eigenvalue weighted by Crippen LogP contribution is 2.31. The molecular formula is C20H19F3N4S. The quantitative estimate of drug-likeness (QED) is 0.538. The van der Waals surface area contributed by atoms with Crippen LogP contribution in [-0.2, 0) is 19.4 Å². The average molecular weight is 404 g/mol. The van der Waals surface area contributed by atoms with Gasteiger partial charge in [0.1, 0.15) is 6.33 Å².